The fourth-order valence-electron chi connectivity index (χ4n) is 14.9. The third kappa shape index (κ3) is 16.1. The first-order chi connectivity index (χ1) is 47.3. The summed E-state index contributed by atoms with van der Waals surface area (Å²) in [6.07, 6.45) is 40.2. The molecule has 0 spiro atoms. The molecule has 0 atom stereocenters. The van der Waals surface area contributed by atoms with Crippen LogP contribution in [0.4, 0.5) is 34.1 Å². The van der Waals surface area contributed by atoms with Crippen molar-refractivity contribution in [1.29, 1.82) is 0 Å². The Morgan fingerprint density at radius 3 is 0.646 bits per heavy atom. The molecule has 0 saturated heterocycles. The van der Waals surface area contributed by atoms with Gasteiger partial charge in [-0.25, -0.2) is 0 Å². The van der Waals surface area contributed by atoms with Gasteiger partial charge in [-0.3, -0.25) is 0 Å². The first kappa shape index (κ1) is 63.6. The molecule has 0 amide bonds. The van der Waals surface area contributed by atoms with Gasteiger partial charge < -0.3 is 9.80 Å². The zero-order valence-electron chi connectivity index (χ0n) is 56.6. The Labute approximate surface area is 573 Å². The Morgan fingerprint density at radius 2 is 0.417 bits per heavy atom. The summed E-state index contributed by atoms with van der Waals surface area (Å²) in [6, 6.07) is 91.3. The van der Waals surface area contributed by atoms with Crippen LogP contribution in [0, 0.1) is 13.8 Å². The predicted molar refractivity (Wildman–Crippen MR) is 415 cm³/mol. The number of hydrogen-bond acceptors (Lipinski definition) is 2. The highest BCUT2D eigenvalue weighted by Gasteiger charge is 2.18. The van der Waals surface area contributed by atoms with Crippen LogP contribution in [0.1, 0.15) is 195 Å². The number of rotatable bonds is 17. The van der Waals surface area contributed by atoms with Crippen LogP contribution in [0.2, 0.25) is 0 Å². The molecule has 4 saturated carbocycles. The van der Waals surface area contributed by atoms with Crippen LogP contribution in [-0.4, -0.2) is 0 Å². The van der Waals surface area contributed by atoms with Gasteiger partial charge in [0.05, 0.1) is 0 Å². The lowest BCUT2D eigenvalue weighted by Gasteiger charge is -2.26. The average molecular weight is 1250 g/mol. The van der Waals surface area contributed by atoms with Crippen LogP contribution in [0.5, 0.6) is 0 Å². The first-order valence-corrected chi connectivity index (χ1v) is 36.1. The standard InChI is InChI=1S/C94H92N2/c1-69-23-51-87(52-24-69)95(89-55-35-79(36-56-89)67-93(83-39-27-75(28-40-83)63-71-15-7-3-8-16-71)84-41-29-76(30-42-84)64-72-17-9-4-10-18-72)91-59-47-81(48-60-91)82-49-61-92(62-50-82)96(88-53-25-70(2)26-54-88)90-57-37-80(38-58-90)68-94(85-43-31-77(32-44-85)65-73-19-11-5-12-20-73)86-45-33-78(34-46-86)66-74-21-13-6-14-22-74/h23-68H,3-22H2,1-2H3. The fourth-order valence-corrected chi connectivity index (χ4v) is 14.9. The summed E-state index contributed by atoms with van der Waals surface area (Å²) < 4.78 is 0. The largest absolute Gasteiger partial charge is 0.311 e. The molecule has 14 rings (SSSR count). The van der Waals surface area contributed by atoms with Crippen molar-refractivity contribution in [2.75, 3.05) is 9.80 Å². The highest BCUT2D eigenvalue weighted by atomic mass is 15.1. The van der Waals surface area contributed by atoms with Crippen molar-refractivity contribution in [1.82, 2.24) is 0 Å². The van der Waals surface area contributed by atoms with Crippen molar-refractivity contribution >= 4 is 81.7 Å². The van der Waals surface area contributed by atoms with Crippen molar-refractivity contribution in [3.05, 3.63) is 332 Å². The quantitative estimate of drug-likeness (QED) is 0.0839. The van der Waals surface area contributed by atoms with Crippen molar-refractivity contribution in [2.24, 2.45) is 0 Å². The van der Waals surface area contributed by atoms with Crippen molar-refractivity contribution in [3.63, 3.8) is 0 Å². The maximum atomic E-state index is 2.43. The lowest BCUT2D eigenvalue weighted by Crippen LogP contribution is -2.10. The van der Waals surface area contributed by atoms with E-state index in [2.05, 4.69) is 303 Å². The SMILES string of the molecule is Cc1ccc(N(c2ccc(C=C(c3ccc(C=C4CCCCC4)cc3)c3ccc(C=C4CCCCC4)cc3)cc2)c2ccc(-c3ccc(N(c4ccc(C)cc4)c4ccc(C=C(c5ccc(C=C6CCCCC6)cc5)c5ccc(C=C6CCCCC6)cc5)cc4)cc3)cc2)cc1. The number of hydrogen-bond donors (Lipinski definition) is 0. The summed E-state index contributed by atoms with van der Waals surface area (Å²) in [4.78, 5) is 4.75. The number of aryl methyl sites for hydroxylation is 2. The number of anilines is 6. The molecule has 96 heavy (non-hydrogen) atoms. The average Bonchev–Trinajstić information content (AvgIpc) is 0.851. The Bertz CT molecular complexity index is 3950. The molecule has 4 aliphatic rings. The minimum Gasteiger partial charge on any atom is -0.311 e. The van der Waals surface area contributed by atoms with Crippen molar-refractivity contribution < 1.29 is 0 Å². The molecule has 2 heteroatoms. The van der Waals surface area contributed by atoms with Crippen LogP contribution in [0.25, 0.3) is 58.7 Å². The summed E-state index contributed by atoms with van der Waals surface area (Å²) in [5.41, 5.74) is 32.7. The predicted octanol–water partition coefficient (Wildman–Crippen LogP) is 27.5. The monoisotopic (exact) mass is 1250 g/mol. The van der Waals surface area contributed by atoms with E-state index < -0.39 is 0 Å². The van der Waals surface area contributed by atoms with E-state index in [-0.39, 0.29) is 0 Å². The van der Waals surface area contributed by atoms with Gasteiger partial charge in [0.15, 0.2) is 0 Å². The normalized spacial score (nSPS) is 14.9. The van der Waals surface area contributed by atoms with Gasteiger partial charge in [0.1, 0.15) is 0 Å². The molecule has 4 fully saturated rings. The molecule has 0 heterocycles. The first-order valence-electron chi connectivity index (χ1n) is 36.1. The maximum Gasteiger partial charge on any atom is 0.0462 e. The molecular formula is C94H92N2. The number of nitrogens with zero attached hydrogens (tertiary/aromatic N) is 2. The summed E-state index contributed by atoms with van der Waals surface area (Å²) in [6.45, 7) is 4.32. The van der Waals surface area contributed by atoms with E-state index in [9.17, 15) is 0 Å². The molecule has 0 bridgehead atoms. The Hall–Kier alpha value is -9.76. The molecule has 0 radical (unpaired) electrons. The molecule has 0 aromatic heterocycles. The highest BCUT2D eigenvalue weighted by molar-refractivity contribution is 5.94. The Morgan fingerprint density at radius 1 is 0.219 bits per heavy atom. The maximum absolute atomic E-state index is 2.43. The lowest BCUT2D eigenvalue weighted by molar-refractivity contribution is 0.602. The van der Waals surface area contributed by atoms with Gasteiger partial charge in [0.25, 0.3) is 0 Å². The van der Waals surface area contributed by atoms with E-state index in [1.54, 1.807) is 22.3 Å². The zero-order valence-corrected chi connectivity index (χ0v) is 56.6. The van der Waals surface area contributed by atoms with E-state index in [0.29, 0.717) is 0 Å². The van der Waals surface area contributed by atoms with E-state index >= 15 is 0 Å². The molecule has 4 aliphatic carbocycles. The molecule has 478 valence electrons. The van der Waals surface area contributed by atoms with Gasteiger partial charge in [0, 0.05) is 34.1 Å². The van der Waals surface area contributed by atoms with Crippen molar-refractivity contribution in [2.45, 2.75) is 142 Å². The third-order valence-corrected chi connectivity index (χ3v) is 20.4. The van der Waals surface area contributed by atoms with E-state index in [1.165, 1.54) is 206 Å². The van der Waals surface area contributed by atoms with Crippen LogP contribution in [-0.2, 0) is 0 Å². The van der Waals surface area contributed by atoms with Gasteiger partial charge in [0.2, 0.25) is 0 Å². The summed E-state index contributed by atoms with van der Waals surface area (Å²) in [5.74, 6) is 0. The zero-order chi connectivity index (χ0) is 64.8. The number of allylic oxidation sites excluding steroid dienone is 4. The second kappa shape index (κ2) is 30.8. The molecule has 0 unspecified atom stereocenters. The van der Waals surface area contributed by atoms with Gasteiger partial charge >= 0.3 is 0 Å². The van der Waals surface area contributed by atoms with Crippen LogP contribution in [0.15, 0.2) is 265 Å². The molecule has 2 nitrogen and oxygen atoms in total. The van der Waals surface area contributed by atoms with Crippen LogP contribution >= 0.6 is 0 Å². The smallest absolute Gasteiger partial charge is 0.0462 e. The highest BCUT2D eigenvalue weighted by Crippen LogP contribution is 2.41. The molecule has 10 aromatic carbocycles. The molecule has 0 aliphatic heterocycles. The molecule has 0 N–H and O–H groups in total. The summed E-state index contributed by atoms with van der Waals surface area (Å²) >= 11 is 0. The second-order valence-corrected chi connectivity index (χ2v) is 27.7. The topological polar surface area (TPSA) is 6.48 Å². The minimum atomic E-state index is 1.10. The number of benzene rings is 10. The van der Waals surface area contributed by atoms with Gasteiger partial charge in [-0.15, -0.1) is 0 Å². The van der Waals surface area contributed by atoms with Gasteiger partial charge in [-0.1, -0.05) is 253 Å². The van der Waals surface area contributed by atoms with E-state index in [1.807, 2.05) is 0 Å². The van der Waals surface area contributed by atoms with Crippen LogP contribution < -0.4 is 9.80 Å². The van der Waals surface area contributed by atoms with Crippen molar-refractivity contribution in [3.8, 4) is 11.1 Å². The van der Waals surface area contributed by atoms with Crippen LogP contribution in [0.3, 0.4) is 0 Å². The summed E-state index contributed by atoms with van der Waals surface area (Å²) in [7, 11) is 0. The second-order valence-electron chi connectivity index (χ2n) is 27.7. The summed E-state index contributed by atoms with van der Waals surface area (Å²) in [5, 5.41) is 0. The van der Waals surface area contributed by atoms with Gasteiger partial charge in [-0.2, -0.15) is 0 Å². The lowest BCUT2D eigenvalue weighted by atomic mass is 9.91. The third-order valence-electron chi connectivity index (χ3n) is 20.4. The molecule has 10 aromatic rings. The fraction of sp³-hybridized carbons (Fsp3) is 0.234. The minimum absolute atomic E-state index is 1.10. The Balaban J connectivity index is 0.729. The molecular weight excluding hydrogens is 1160 g/mol. The Kier molecular flexibility index (Phi) is 20.4. The van der Waals surface area contributed by atoms with Gasteiger partial charge in [-0.05, 0) is 279 Å². The van der Waals surface area contributed by atoms with E-state index in [0.717, 1.165) is 45.3 Å². The van der Waals surface area contributed by atoms with E-state index in [4.69, 9.17) is 0 Å².